The number of esters is 4. The average Bonchev–Trinajstić information content (AvgIpc) is 3.89. The molecule has 15 nitrogen and oxygen atoms in total. The minimum Gasteiger partial charge on any atom is -0.462 e. The summed E-state index contributed by atoms with van der Waals surface area (Å²) in [7, 11) is 0. The van der Waals surface area contributed by atoms with Crippen LogP contribution in [0.1, 0.15) is 56.4 Å². The van der Waals surface area contributed by atoms with Gasteiger partial charge in [-0.05, 0) is 31.4 Å². The lowest BCUT2D eigenvalue weighted by molar-refractivity contribution is -0.199. The highest BCUT2D eigenvalue weighted by Crippen LogP contribution is 2.38. The number of rotatable bonds is 15. The molecule has 3 aliphatic rings. The Bertz CT molecular complexity index is 1690. The summed E-state index contributed by atoms with van der Waals surface area (Å²) in [6.07, 6.45) is -0.915. The van der Waals surface area contributed by atoms with Crippen LogP contribution in [0, 0.1) is 5.82 Å². The fourth-order valence-electron chi connectivity index (χ4n) is 6.34. The van der Waals surface area contributed by atoms with Crippen molar-refractivity contribution >= 4 is 40.5 Å². The number of ether oxygens (including phenoxy) is 6. The molecular formula is C35H44FN3O12. The van der Waals surface area contributed by atoms with Gasteiger partial charge in [-0.2, -0.15) is 0 Å². The van der Waals surface area contributed by atoms with Gasteiger partial charge in [0.2, 0.25) is 5.43 Å². The molecule has 2 aliphatic heterocycles. The molecule has 2 saturated heterocycles. The molecule has 278 valence electrons. The quantitative estimate of drug-likeness (QED) is 0.122. The average molecular weight is 718 g/mol. The van der Waals surface area contributed by atoms with Crippen molar-refractivity contribution in [1.29, 1.82) is 0 Å². The van der Waals surface area contributed by atoms with Crippen LogP contribution in [-0.4, -0.2) is 122 Å². The first kappa shape index (κ1) is 37.9. The fraction of sp³-hybridized carbons (Fsp3) is 0.571. The van der Waals surface area contributed by atoms with Gasteiger partial charge < -0.3 is 43.0 Å². The third kappa shape index (κ3) is 9.30. The highest BCUT2D eigenvalue weighted by molar-refractivity contribution is 5.94. The first-order chi connectivity index (χ1) is 24.4. The van der Waals surface area contributed by atoms with Crippen LogP contribution in [0.2, 0.25) is 0 Å². The minimum atomic E-state index is -1.43. The van der Waals surface area contributed by atoms with Crippen LogP contribution in [0.25, 0.3) is 10.9 Å². The number of piperazine rings is 1. The van der Waals surface area contributed by atoms with E-state index in [0.717, 1.165) is 19.8 Å². The van der Waals surface area contributed by atoms with E-state index in [9.17, 15) is 29.1 Å². The molecule has 16 heteroatoms. The lowest BCUT2D eigenvalue weighted by Crippen LogP contribution is -2.47. The molecule has 3 heterocycles. The summed E-state index contributed by atoms with van der Waals surface area (Å²) in [6, 6.07) is 3.01. The van der Waals surface area contributed by atoms with Crippen molar-refractivity contribution in [2.24, 2.45) is 0 Å². The predicted octanol–water partition coefficient (Wildman–Crippen LogP) is 1.86. The molecule has 0 amide bonds. The zero-order valence-corrected chi connectivity index (χ0v) is 28.9. The number of aromatic nitrogens is 1. The molecule has 1 aromatic heterocycles. The van der Waals surface area contributed by atoms with E-state index < -0.39 is 65.8 Å². The molecule has 5 rings (SSSR count). The standard InChI is InChI=1S/C35H44FN3O12/c1-5-14-46-34(45)25-18-39(23-7-8-23)27-17-28(26(36)16-24(27)30(25)43)38-12-10-37(11-13-38)9-6-15-47-35-33(50-22(4)42)31(44)32(51-35)29(49-21(3)41)19-48-20(2)40/h5,16-18,23,29,31-33,35,44H,1,6-15,19H2,2-4H3/t29-,31+,32-,33-,35-/m1/s1. The van der Waals surface area contributed by atoms with E-state index in [-0.39, 0.29) is 36.8 Å². The van der Waals surface area contributed by atoms with Crippen LogP contribution >= 0.6 is 0 Å². The van der Waals surface area contributed by atoms with Gasteiger partial charge in [0.05, 0.1) is 17.8 Å². The molecule has 1 aliphatic carbocycles. The number of nitrogens with zero attached hydrogens (tertiary/aromatic N) is 3. The van der Waals surface area contributed by atoms with Gasteiger partial charge in [0.25, 0.3) is 0 Å². The number of aliphatic hydroxyl groups is 1. The minimum absolute atomic E-state index is 0.0400. The van der Waals surface area contributed by atoms with Gasteiger partial charge in [0.1, 0.15) is 36.8 Å². The van der Waals surface area contributed by atoms with Crippen LogP contribution in [0.5, 0.6) is 0 Å². The normalized spacial score (nSPS) is 22.7. The molecule has 1 N–H and O–H groups in total. The summed E-state index contributed by atoms with van der Waals surface area (Å²) in [6.45, 7) is 9.72. The van der Waals surface area contributed by atoms with Gasteiger partial charge in [-0.1, -0.05) is 12.7 Å². The van der Waals surface area contributed by atoms with Crippen LogP contribution < -0.4 is 10.3 Å². The number of carbonyl (C=O) groups excluding carboxylic acids is 4. The van der Waals surface area contributed by atoms with Crippen molar-refractivity contribution < 1.29 is 57.1 Å². The second kappa shape index (κ2) is 16.8. The molecule has 51 heavy (non-hydrogen) atoms. The maximum atomic E-state index is 15.6. The Hall–Kier alpha value is -4.38. The maximum absolute atomic E-state index is 15.6. The molecule has 1 saturated carbocycles. The SMILES string of the molecule is C=CCOC(=O)c1cn(C2CC2)c2cc(N3CCN(CCCO[C@@H]4O[C@H]([C@@H](COC(C)=O)OC(C)=O)[C@H](O)[C@H]4OC(C)=O)CC3)c(F)cc2c1=O. The van der Waals surface area contributed by atoms with Crippen molar-refractivity contribution in [2.45, 2.75) is 76.8 Å². The first-order valence-corrected chi connectivity index (χ1v) is 16.9. The Kier molecular flexibility index (Phi) is 12.4. The van der Waals surface area contributed by atoms with E-state index in [1.165, 1.54) is 32.2 Å². The third-order valence-corrected chi connectivity index (χ3v) is 8.88. The van der Waals surface area contributed by atoms with E-state index in [1.807, 2.05) is 9.47 Å². The van der Waals surface area contributed by atoms with E-state index in [4.69, 9.17) is 28.4 Å². The summed E-state index contributed by atoms with van der Waals surface area (Å²) >= 11 is 0. The van der Waals surface area contributed by atoms with Gasteiger partial charge >= 0.3 is 23.9 Å². The Morgan fingerprint density at radius 1 is 1.06 bits per heavy atom. The Labute approximate surface area is 293 Å². The number of fused-ring (bicyclic) bond motifs is 1. The monoisotopic (exact) mass is 717 g/mol. The predicted molar refractivity (Wildman–Crippen MR) is 179 cm³/mol. The second-order valence-corrected chi connectivity index (χ2v) is 12.8. The molecule has 3 fully saturated rings. The lowest BCUT2D eigenvalue weighted by Gasteiger charge is -2.36. The van der Waals surface area contributed by atoms with Gasteiger partial charge in [0.15, 0.2) is 18.5 Å². The summed E-state index contributed by atoms with van der Waals surface area (Å²) < 4.78 is 49.7. The zero-order valence-electron chi connectivity index (χ0n) is 28.9. The first-order valence-electron chi connectivity index (χ1n) is 16.9. The van der Waals surface area contributed by atoms with Crippen molar-refractivity contribution in [2.75, 3.05) is 57.4 Å². The summed E-state index contributed by atoms with van der Waals surface area (Å²) in [5.74, 6) is -3.30. The smallest absolute Gasteiger partial charge is 0.343 e. The maximum Gasteiger partial charge on any atom is 0.343 e. The Morgan fingerprint density at radius 2 is 1.78 bits per heavy atom. The molecule has 1 aromatic carbocycles. The highest BCUT2D eigenvalue weighted by atomic mass is 19.1. The van der Waals surface area contributed by atoms with Gasteiger partial charge in [-0.25, -0.2) is 9.18 Å². The molecule has 5 atom stereocenters. The zero-order chi connectivity index (χ0) is 36.8. The van der Waals surface area contributed by atoms with Crippen LogP contribution in [0.15, 0.2) is 35.8 Å². The van der Waals surface area contributed by atoms with Crippen molar-refractivity contribution in [1.82, 2.24) is 9.47 Å². The van der Waals surface area contributed by atoms with Gasteiger partial charge in [-0.3, -0.25) is 24.1 Å². The van der Waals surface area contributed by atoms with Crippen molar-refractivity contribution in [3.05, 3.63) is 52.6 Å². The van der Waals surface area contributed by atoms with Gasteiger partial charge in [-0.15, -0.1) is 0 Å². The fourth-order valence-corrected chi connectivity index (χ4v) is 6.34. The number of halogens is 1. The van der Waals surface area contributed by atoms with Crippen LogP contribution in [0.3, 0.4) is 0 Å². The molecular weight excluding hydrogens is 673 g/mol. The molecule has 0 spiro atoms. The second-order valence-electron chi connectivity index (χ2n) is 12.8. The number of hydrogen-bond donors (Lipinski definition) is 1. The topological polar surface area (TPSA) is 172 Å². The van der Waals surface area contributed by atoms with E-state index in [2.05, 4.69) is 11.5 Å². The number of benzene rings is 1. The Balaban J connectivity index is 1.17. The van der Waals surface area contributed by atoms with E-state index >= 15 is 4.39 Å². The molecule has 2 aromatic rings. The number of anilines is 1. The molecule has 0 radical (unpaired) electrons. The summed E-state index contributed by atoms with van der Waals surface area (Å²) in [5.41, 5.74) is 0.235. The van der Waals surface area contributed by atoms with Crippen LogP contribution in [0.4, 0.5) is 10.1 Å². The summed E-state index contributed by atoms with van der Waals surface area (Å²) in [4.78, 5) is 64.7. The highest BCUT2D eigenvalue weighted by Gasteiger charge is 2.51. The number of hydrogen-bond acceptors (Lipinski definition) is 14. The number of pyridine rings is 1. The largest absolute Gasteiger partial charge is 0.462 e. The van der Waals surface area contributed by atoms with E-state index in [0.29, 0.717) is 50.3 Å². The molecule has 0 unspecified atom stereocenters. The number of aliphatic hydroxyl groups excluding tert-OH is 1. The van der Waals surface area contributed by atoms with Crippen LogP contribution in [-0.2, 0) is 42.8 Å². The van der Waals surface area contributed by atoms with Crippen molar-refractivity contribution in [3.63, 3.8) is 0 Å². The molecule has 0 bridgehead atoms. The lowest BCUT2D eigenvalue weighted by atomic mass is 10.1. The third-order valence-electron chi connectivity index (χ3n) is 8.88. The van der Waals surface area contributed by atoms with E-state index in [1.54, 1.807) is 6.07 Å². The Morgan fingerprint density at radius 3 is 2.41 bits per heavy atom. The van der Waals surface area contributed by atoms with Crippen molar-refractivity contribution in [3.8, 4) is 0 Å². The van der Waals surface area contributed by atoms with Gasteiger partial charge in [0, 0.05) is 71.1 Å². The number of carbonyl (C=O) groups is 4. The summed E-state index contributed by atoms with van der Waals surface area (Å²) in [5, 5.41) is 11.0.